The van der Waals surface area contributed by atoms with E-state index in [0.29, 0.717) is 6.92 Å². The molecule has 1 aliphatic rings. The van der Waals surface area contributed by atoms with E-state index in [2.05, 4.69) is 10.1 Å². The molecule has 2 N–H and O–H groups in total. The number of hydrogen-bond acceptors (Lipinski definition) is 4. The van der Waals surface area contributed by atoms with E-state index in [4.69, 9.17) is 0 Å². The summed E-state index contributed by atoms with van der Waals surface area (Å²) in [5, 5.41) is 22.9. The van der Waals surface area contributed by atoms with Crippen LogP contribution in [0, 0.1) is 0 Å². The zero-order chi connectivity index (χ0) is 16.1. The summed E-state index contributed by atoms with van der Waals surface area (Å²) in [6, 6.07) is 8.32. The molecule has 0 unspecified atom stereocenters. The molecule has 0 bridgehead atoms. The van der Waals surface area contributed by atoms with Gasteiger partial charge in [0.25, 0.3) is 5.79 Å². The number of alkyl halides is 3. The molecule has 8 heteroatoms. The van der Waals surface area contributed by atoms with E-state index in [9.17, 15) is 23.4 Å². The maximum atomic E-state index is 14.1. The van der Waals surface area contributed by atoms with Crippen molar-refractivity contribution in [1.29, 1.82) is 0 Å². The molecule has 2 aromatic rings. The molecule has 1 aliphatic heterocycles. The van der Waals surface area contributed by atoms with Gasteiger partial charge in [-0.15, -0.1) is 5.10 Å². The van der Waals surface area contributed by atoms with Crippen LogP contribution in [0.4, 0.5) is 13.2 Å². The summed E-state index contributed by atoms with van der Waals surface area (Å²) in [6.45, 7) is 0.334. The molecule has 0 fully saturated rings. The summed E-state index contributed by atoms with van der Waals surface area (Å²) in [5.74, 6) is -8.52. The monoisotopic (exact) mass is 313 g/mol. The van der Waals surface area contributed by atoms with Crippen LogP contribution in [0.2, 0.25) is 0 Å². The molecular formula is C14H14F3N3O2. The van der Waals surface area contributed by atoms with Crippen molar-refractivity contribution >= 4 is 0 Å². The summed E-state index contributed by atoms with van der Waals surface area (Å²) < 4.78 is 41.8. The van der Waals surface area contributed by atoms with E-state index in [0.717, 1.165) is 10.2 Å². The Kier molecular flexibility index (Phi) is 3.26. The number of rotatable bonds is 3. The van der Waals surface area contributed by atoms with Gasteiger partial charge < -0.3 is 10.2 Å². The molecule has 118 valence electrons. The van der Waals surface area contributed by atoms with Crippen molar-refractivity contribution in [2.24, 2.45) is 0 Å². The van der Waals surface area contributed by atoms with Crippen molar-refractivity contribution < 1.29 is 23.4 Å². The molecule has 2 heterocycles. The zero-order valence-corrected chi connectivity index (χ0v) is 11.6. The first kappa shape index (κ1) is 15.0. The van der Waals surface area contributed by atoms with Crippen LogP contribution in [0.1, 0.15) is 42.8 Å². The quantitative estimate of drug-likeness (QED) is 0.851. The summed E-state index contributed by atoms with van der Waals surface area (Å²) >= 11 is 0. The van der Waals surface area contributed by atoms with Crippen LogP contribution in [-0.2, 0) is 5.79 Å². The molecular weight excluding hydrogens is 299 g/mol. The van der Waals surface area contributed by atoms with Gasteiger partial charge in [-0.25, -0.2) is 22.8 Å². The Bertz CT molecular complexity index is 682. The Hall–Kier alpha value is -1.93. The van der Waals surface area contributed by atoms with Crippen molar-refractivity contribution in [2.45, 2.75) is 37.3 Å². The van der Waals surface area contributed by atoms with Gasteiger partial charge in [0.05, 0.1) is 6.04 Å². The maximum absolute atomic E-state index is 14.1. The highest BCUT2D eigenvalue weighted by Gasteiger charge is 2.53. The predicted molar refractivity (Wildman–Crippen MR) is 69.8 cm³/mol. The Labute approximate surface area is 124 Å². The van der Waals surface area contributed by atoms with Gasteiger partial charge in [0.2, 0.25) is 5.82 Å². The van der Waals surface area contributed by atoms with Gasteiger partial charge in [-0.05, 0) is 5.56 Å². The van der Waals surface area contributed by atoms with Gasteiger partial charge in [-0.3, -0.25) is 0 Å². The molecule has 0 spiro atoms. The highest BCUT2D eigenvalue weighted by atomic mass is 19.3. The zero-order valence-electron chi connectivity index (χ0n) is 11.6. The van der Waals surface area contributed by atoms with Gasteiger partial charge in [-0.1, -0.05) is 30.3 Å². The first-order valence-electron chi connectivity index (χ1n) is 6.70. The smallest absolute Gasteiger partial charge is 0.305 e. The molecule has 0 saturated carbocycles. The Morgan fingerprint density at radius 2 is 1.86 bits per heavy atom. The van der Waals surface area contributed by atoms with Gasteiger partial charge in [0, 0.05) is 13.3 Å². The minimum atomic E-state index is -3.89. The molecule has 0 radical (unpaired) electrons. The van der Waals surface area contributed by atoms with Crippen LogP contribution in [0.25, 0.3) is 0 Å². The minimum Gasteiger partial charge on any atom is -0.355 e. The lowest BCUT2D eigenvalue weighted by Crippen LogP contribution is -2.44. The van der Waals surface area contributed by atoms with Gasteiger partial charge in [-0.2, -0.15) is 0 Å². The lowest BCUT2D eigenvalue weighted by molar-refractivity contribution is -0.302. The van der Waals surface area contributed by atoms with Crippen molar-refractivity contribution in [3.05, 3.63) is 47.5 Å². The third-order valence-corrected chi connectivity index (χ3v) is 3.77. The number of hydrogen-bond donors (Lipinski definition) is 2. The Balaban J connectivity index is 2.04. The van der Waals surface area contributed by atoms with Crippen LogP contribution >= 0.6 is 0 Å². The highest BCUT2D eigenvalue weighted by molar-refractivity contribution is 5.24. The third-order valence-electron chi connectivity index (χ3n) is 3.77. The number of nitrogens with zero attached hydrogens (tertiary/aromatic N) is 3. The average molecular weight is 313 g/mol. The second-order valence-corrected chi connectivity index (χ2v) is 5.43. The fraction of sp³-hybridized carbons (Fsp3) is 0.429. The van der Waals surface area contributed by atoms with E-state index in [1.54, 1.807) is 30.3 Å². The molecule has 22 heavy (non-hydrogen) atoms. The predicted octanol–water partition coefficient (Wildman–Crippen LogP) is 2.07. The fourth-order valence-electron chi connectivity index (χ4n) is 2.48. The van der Waals surface area contributed by atoms with Crippen LogP contribution in [-0.4, -0.2) is 30.9 Å². The fourth-order valence-corrected chi connectivity index (χ4v) is 2.48. The highest BCUT2D eigenvalue weighted by Crippen LogP contribution is 2.41. The molecule has 0 aliphatic carbocycles. The van der Waals surface area contributed by atoms with Gasteiger partial charge in [0.1, 0.15) is 0 Å². The van der Waals surface area contributed by atoms with E-state index in [-0.39, 0.29) is 12.2 Å². The van der Waals surface area contributed by atoms with Crippen LogP contribution in [0.5, 0.6) is 0 Å². The molecule has 1 aromatic carbocycles. The van der Waals surface area contributed by atoms with E-state index < -0.39 is 29.7 Å². The first-order valence-corrected chi connectivity index (χ1v) is 6.70. The second-order valence-electron chi connectivity index (χ2n) is 5.43. The SMILES string of the molecule is CC(F)(F)C(O)(O)c1nc2n(n1)[C@H](c1ccccc1)C[C@@H]2F. The summed E-state index contributed by atoms with van der Waals surface area (Å²) in [6.07, 6.45) is -1.43. The van der Waals surface area contributed by atoms with Gasteiger partial charge >= 0.3 is 5.92 Å². The van der Waals surface area contributed by atoms with E-state index in [1.807, 2.05) is 0 Å². The summed E-state index contributed by atoms with van der Waals surface area (Å²) in [4.78, 5) is 3.58. The van der Waals surface area contributed by atoms with Crippen LogP contribution in [0.3, 0.4) is 0 Å². The van der Waals surface area contributed by atoms with Crippen molar-refractivity contribution in [3.63, 3.8) is 0 Å². The lowest BCUT2D eigenvalue weighted by Gasteiger charge is -2.25. The number of benzene rings is 1. The molecule has 0 saturated heterocycles. The number of aliphatic hydroxyl groups is 2. The summed E-state index contributed by atoms with van der Waals surface area (Å²) in [7, 11) is 0. The molecule has 5 nitrogen and oxygen atoms in total. The normalized spacial score (nSPS) is 21.9. The van der Waals surface area contributed by atoms with Crippen LogP contribution < -0.4 is 0 Å². The molecule has 0 amide bonds. The first-order chi connectivity index (χ1) is 10.2. The number of aromatic nitrogens is 3. The van der Waals surface area contributed by atoms with Gasteiger partial charge in [0.15, 0.2) is 12.0 Å². The van der Waals surface area contributed by atoms with Crippen molar-refractivity contribution in [2.75, 3.05) is 0 Å². The molecule has 2 atom stereocenters. The minimum absolute atomic E-state index is 0.0754. The third kappa shape index (κ3) is 2.19. The average Bonchev–Trinajstić information content (AvgIpc) is 3.00. The number of fused-ring (bicyclic) bond motifs is 1. The van der Waals surface area contributed by atoms with Crippen molar-refractivity contribution in [1.82, 2.24) is 14.8 Å². The lowest BCUT2D eigenvalue weighted by atomic mass is 10.0. The maximum Gasteiger partial charge on any atom is 0.305 e. The standard InChI is InChI=1S/C14H14F3N3O2/c1-13(16,17)14(21,22)12-18-11-9(15)7-10(20(11)19-12)8-5-3-2-4-6-8/h2-6,9-10,21-22H,7H2,1H3/t9-,10-/m0/s1. The Morgan fingerprint density at radius 1 is 1.23 bits per heavy atom. The van der Waals surface area contributed by atoms with E-state index in [1.165, 1.54) is 0 Å². The van der Waals surface area contributed by atoms with Crippen LogP contribution in [0.15, 0.2) is 30.3 Å². The largest absolute Gasteiger partial charge is 0.355 e. The van der Waals surface area contributed by atoms with Crippen molar-refractivity contribution in [3.8, 4) is 0 Å². The van der Waals surface area contributed by atoms with E-state index >= 15 is 0 Å². The summed E-state index contributed by atoms with van der Waals surface area (Å²) in [5.41, 5.74) is 0.741. The molecule has 1 aromatic heterocycles. The Morgan fingerprint density at radius 3 is 2.45 bits per heavy atom. The number of halogens is 3. The topological polar surface area (TPSA) is 71.2 Å². The molecule has 3 rings (SSSR count). The second kappa shape index (κ2) is 4.79.